The molecule has 1 heterocycles. The summed E-state index contributed by atoms with van der Waals surface area (Å²) in [6.45, 7) is 1.15. The molecule has 2 aromatic rings. The number of hydrogen-bond donors (Lipinski definition) is 1. The second-order valence-corrected chi connectivity index (χ2v) is 3.89. The maximum absolute atomic E-state index is 12.8. The van der Waals surface area contributed by atoms with Crippen molar-refractivity contribution in [2.24, 2.45) is 0 Å². The number of nitrogens with one attached hydrogen (secondary N) is 1. The third-order valence-electron chi connectivity index (χ3n) is 2.38. The van der Waals surface area contributed by atoms with Gasteiger partial charge in [-0.05, 0) is 36.5 Å². The number of H-pyrrole nitrogens is 1. The van der Waals surface area contributed by atoms with E-state index in [1.54, 1.807) is 19.2 Å². The number of nitrogens with zero attached hydrogens (tertiary/aromatic N) is 2. The summed E-state index contributed by atoms with van der Waals surface area (Å²) in [4.78, 5) is 0. The molecule has 1 N–H and O–H groups in total. The van der Waals surface area contributed by atoms with E-state index in [4.69, 9.17) is 17.0 Å². The predicted octanol–water partition coefficient (Wildman–Crippen LogP) is 2.39. The minimum absolute atomic E-state index is 0.272. The smallest absolute Gasteiger partial charge is 0.195 e. The van der Waals surface area contributed by atoms with Crippen LogP contribution in [0, 0.1) is 10.6 Å². The van der Waals surface area contributed by atoms with Crippen LogP contribution in [0.1, 0.15) is 0 Å². The summed E-state index contributed by atoms with van der Waals surface area (Å²) < 4.78 is 20.2. The Hall–Kier alpha value is -1.53. The molecular weight excluding hydrogens is 241 g/mol. The van der Waals surface area contributed by atoms with Crippen LogP contribution in [0.25, 0.3) is 11.4 Å². The molecule has 4 nitrogen and oxygen atoms in total. The number of benzene rings is 1. The van der Waals surface area contributed by atoms with Gasteiger partial charge in [-0.25, -0.2) is 4.39 Å². The highest BCUT2D eigenvalue weighted by molar-refractivity contribution is 7.71. The van der Waals surface area contributed by atoms with Crippen molar-refractivity contribution in [3.8, 4) is 11.4 Å². The van der Waals surface area contributed by atoms with Crippen molar-refractivity contribution in [1.29, 1.82) is 0 Å². The van der Waals surface area contributed by atoms with E-state index in [1.807, 2.05) is 4.57 Å². The molecule has 0 spiro atoms. The van der Waals surface area contributed by atoms with Gasteiger partial charge in [0.2, 0.25) is 0 Å². The zero-order valence-electron chi connectivity index (χ0n) is 9.31. The standard InChI is InChI=1S/C11H12FN3OS/c1-16-7-6-15-10(13-14-11(15)17)8-2-4-9(12)5-3-8/h2-5H,6-7H2,1H3,(H,14,17). The molecule has 0 aliphatic carbocycles. The average molecular weight is 253 g/mol. The van der Waals surface area contributed by atoms with E-state index in [2.05, 4.69) is 10.2 Å². The minimum atomic E-state index is -0.272. The maximum atomic E-state index is 12.8. The first kappa shape index (κ1) is 11.9. The van der Waals surface area contributed by atoms with Gasteiger partial charge >= 0.3 is 0 Å². The lowest BCUT2D eigenvalue weighted by molar-refractivity contribution is 0.187. The molecular formula is C11H12FN3OS. The molecule has 0 aliphatic rings. The van der Waals surface area contributed by atoms with Crippen molar-refractivity contribution >= 4 is 12.2 Å². The zero-order valence-corrected chi connectivity index (χ0v) is 10.1. The molecule has 0 atom stereocenters. The van der Waals surface area contributed by atoms with Gasteiger partial charge in [-0.3, -0.25) is 9.67 Å². The number of aromatic amines is 1. The lowest BCUT2D eigenvalue weighted by atomic mass is 10.2. The molecule has 1 aromatic carbocycles. The van der Waals surface area contributed by atoms with Crippen molar-refractivity contribution in [3.63, 3.8) is 0 Å². The van der Waals surface area contributed by atoms with Crippen LogP contribution in [-0.4, -0.2) is 28.5 Å². The largest absolute Gasteiger partial charge is 0.383 e. The van der Waals surface area contributed by atoms with Gasteiger partial charge in [-0.1, -0.05) is 0 Å². The molecule has 0 unspecified atom stereocenters. The Labute approximate surface area is 103 Å². The summed E-state index contributed by atoms with van der Waals surface area (Å²) in [5, 5.41) is 6.86. The fourth-order valence-electron chi connectivity index (χ4n) is 1.53. The molecule has 0 aliphatic heterocycles. The molecule has 0 fully saturated rings. The van der Waals surface area contributed by atoms with Crippen molar-refractivity contribution in [1.82, 2.24) is 14.8 Å². The van der Waals surface area contributed by atoms with E-state index in [1.165, 1.54) is 12.1 Å². The van der Waals surface area contributed by atoms with Gasteiger partial charge in [0.25, 0.3) is 0 Å². The maximum Gasteiger partial charge on any atom is 0.195 e. The van der Waals surface area contributed by atoms with Crippen molar-refractivity contribution in [3.05, 3.63) is 34.9 Å². The highest BCUT2D eigenvalue weighted by atomic mass is 32.1. The molecule has 90 valence electrons. The molecule has 0 saturated heterocycles. The fourth-order valence-corrected chi connectivity index (χ4v) is 1.75. The fraction of sp³-hybridized carbons (Fsp3) is 0.273. The van der Waals surface area contributed by atoms with Gasteiger partial charge < -0.3 is 4.74 Å². The highest BCUT2D eigenvalue weighted by Crippen LogP contribution is 2.17. The first-order chi connectivity index (χ1) is 8.22. The zero-order chi connectivity index (χ0) is 12.3. The van der Waals surface area contributed by atoms with Gasteiger partial charge in [0.05, 0.1) is 13.2 Å². The van der Waals surface area contributed by atoms with Crippen LogP contribution in [0.3, 0.4) is 0 Å². The lowest BCUT2D eigenvalue weighted by Gasteiger charge is -2.05. The summed E-state index contributed by atoms with van der Waals surface area (Å²) in [5.74, 6) is 0.415. The van der Waals surface area contributed by atoms with Crippen LogP contribution in [-0.2, 0) is 11.3 Å². The minimum Gasteiger partial charge on any atom is -0.383 e. The van der Waals surface area contributed by atoms with E-state index >= 15 is 0 Å². The van der Waals surface area contributed by atoms with Crippen LogP contribution in [0.4, 0.5) is 4.39 Å². The summed E-state index contributed by atoms with van der Waals surface area (Å²) in [7, 11) is 1.63. The van der Waals surface area contributed by atoms with Crippen LogP contribution >= 0.6 is 12.2 Å². The summed E-state index contributed by atoms with van der Waals surface area (Å²) in [6, 6.07) is 6.13. The van der Waals surface area contributed by atoms with Crippen molar-refractivity contribution in [2.45, 2.75) is 6.54 Å². The first-order valence-electron chi connectivity index (χ1n) is 5.12. The second-order valence-electron chi connectivity index (χ2n) is 3.50. The number of halogens is 1. The predicted molar refractivity (Wildman–Crippen MR) is 64.7 cm³/mol. The van der Waals surface area contributed by atoms with Crippen LogP contribution in [0.2, 0.25) is 0 Å². The van der Waals surface area contributed by atoms with Crippen LogP contribution in [0.5, 0.6) is 0 Å². The highest BCUT2D eigenvalue weighted by Gasteiger charge is 2.08. The topological polar surface area (TPSA) is 42.8 Å². The van der Waals surface area contributed by atoms with Gasteiger partial charge in [-0.15, -0.1) is 0 Å². The van der Waals surface area contributed by atoms with E-state index in [0.717, 1.165) is 5.56 Å². The number of ether oxygens (including phenoxy) is 1. The van der Waals surface area contributed by atoms with E-state index in [0.29, 0.717) is 23.7 Å². The van der Waals surface area contributed by atoms with Crippen LogP contribution in [0.15, 0.2) is 24.3 Å². The average Bonchev–Trinajstić information content (AvgIpc) is 2.69. The third kappa shape index (κ3) is 2.59. The number of rotatable bonds is 4. The number of aromatic nitrogens is 3. The van der Waals surface area contributed by atoms with E-state index < -0.39 is 0 Å². The molecule has 0 amide bonds. The molecule has 6 heteroatoms. The molecule has 2 rings (SSSR count). The molecule has 17 heavy (non-hydrogen) atoms. The quantitative estimate of drug-likeness (QED) is 0.851. The van der Waals surface area contributed by atoms with E-state index in [9.17, 15) is 4.39 Å². The summed E-state index contributed by atoms with van der Waals surface area (Å²) in [5.41, 5.74) is 0.815. The lowest BCUT2D eigenvalue weighted by Crippen LogP contribution is -2.06. The Morgan fingerprint density at radius 2 is 2.12 bits per heavy atom. The van der Waals surface area contributed by atoms with E-state index in [-0.39, 0.29) is 5.82 Å². The van der Waals surface area contributed by atoms with Gasteiger partial charge in [-0.2, -0.15) is 5.10 Å². The number of hydrogen-bond acceptors (Lipinski definition) is 3. The SMILES string of the molecule is COCCn1c(-c2ccc(F)cc2)n[nH]c1=S. The molecule has 0 saturated carbocycles. The summed E-state index contributed by atoms with van der Waals surface area (Å²) >= 11 is 5.13. The van der Waals surface area contributed by atoms with Gasteiger partial charge in [0.15, 0.2) is 10.6 Å². The van der Waals surface area contributed by atoms with Crippen molar-refractivity contribution in [2.75, 3.05) is 13.7 Å². The van der Waals surface area contributed by atoms with Crippen molar-refractivity contribution < 1.29 is 9.13 Å². The Balaban J connectivity index is 2.38. The Morgan fingerprint density at radius 1 is 1.41 bits per heavy atom. The first-order valence-corrected chi connectivity index (χ1v) is 5.53. The third-order valence-corrected chi connectivity index (χ3v) is 2.69. The number of methoxy groups -OCH3 is 1. The molecule has 0 radical (unpaired) electrons. The molecule has 0 bridgehead atoms. The monoisotopic (exact) mass is 253 g/mol. The normalized spacial score (nSPS) is 10.7. The Kier molecular flexibility index (Phi) is 3.65. The Morgan fingerprint density at radius 3 is 2.76 bits per heavy atom. The van der Waals surface area contributed by atoms with Gasteiger partial charge in [0.1, 0.15) is 5.82 Å². The van der Waals surface area contributed by atoms with Crippen LogP contribution < -0.4 is 0 Å². The summed E-state index contributed by atoms with van der Waals surface area (Å²) in [6.07, 6.45) is 0. The second kappa shape index (κ2) is 5.20. The van der Waals surface area contributed by atoms with Gasteiger partial charge in [0, 0.05) is 12.7 Å². The molecule has 1 aromatic heterocycles. The Bertz CT molecular complexity index is 547.